The van der Waals surface area contributed by atoms with E-state index in [1.165, 1.54) is 6.07 Å². The zero-order valence-electron chi connectivity index (χ0n) is 11.8. The van der Waals surface area contributed by atoms with Crippen LogP contribution in [0.15, 0.2) is 24.3 Å². The lowest BCUT2D eigenvalue weighted by atomic mass is 10.2. The van der Waals surface area contributed by atoms with Crippen LogP contribution >= 0.6 is 0 Å². The van der Waals surface area contributed by atoms with Crippen molar-refractivity contribution >= 4 is 0 Å². The minimum absolute atomic E-state index is 0.115. The van der Waals surface area contributed by atoms with Crippen LogP contribution in [0.4, 0.5) is 4.39 Å². The summed E-state index contributed by atoms with van der Waals surface area (Å²) in [6.07, 6.45) is 1.66. The smallest absolute Gasteiger partial charge is 0.165 e. The molecule has 0 fully saturated rings. The average molecular weight is 269 g/mol. The quantitative estimate of drug-likeness (QED) is 0.748. The minimum Gasteiger partial charge on any atom is -0.488 e. The number of ether oxygens (including phenoxy) is 1. The molecule has 108 valence electrons. The largest absolute Gasteiger partial charge is 0.488 e. The Morgan fingerprint density at radius 2 is 2.05 bits per heavy atom. The number of hydrogen-bond donors (Lipinski definition) is 1. The molecule has 1 rings (SSSR count). The van der Waals surface area contributed by atoms with Crippen molar-refractivity contribution in [3.05, 3.63) is 30.1 Å². The zero-order chi connectivity index (χ0) is 14.1. The normalized spacial score (nSPS) is 12.7. The highest BCUT2D eigenvalue weighted by Crippen LogP contribution is 2.15. The molecule has 1 aromatic carbocycles. The number of halogens is 1. The van der Waals surface area contributed by atoms with E-state index in [2.05, 4.69) is 18.7 Å². The van der Waals surface area contributed by atoms with Gasteiger partial charge in [-0.1, -0.05) is 32.4 Å². The van der Waals surface area contributed by atoms with Crippen molar-refractivity contribution in [3.63, 3.8) is 0 Å². The Kier molecular flexibility index (Phi) is 7.45. The summed E-state index contributed by atoms with van der Waals surface area (Å²) in [6.45, 7) is 6.76. The van der Waals surface area contributed by atoms with Gasteiger partial charge in [-0.3, -0.25) is 0 Å². The molecule has 1 atom stereocenters. The summed E-state index contributed by atoms with van der Waals surface area (Å²) in [7, 11) is 0. The van der Waals surface area contributed by atoms with E-state index >= 15 is 0 Å². The zero-order valence-corrected chi connectivity index (χ0v) is 11.8. The van der Waals surface area contributed by atoms with Crippen LogP contribution in [0.1, 0.15) is 26.7 Å². The van der Waals surface area contributed by atoms with Crippen molar-refractivity contribution in [3.8, 4) is 5.75 Å². The van der Waals surface area contributed by atoms with Gasteiger partial charge in [-0.05, 0) is 31.6 Å². The molecular formula is C15H24FNO2. The number of hydrogen-bond acceptors (Lipinski definition) is 3. The van der Waals surface area contributed by atoms with Crippen molar-refractivity contribution in [2.75, 3.05) is 26.2 Å². The fourth-order valence-electron chi connectivity index (χ4n) is 1.86. The van der Waals surface area contributed by atoms with E-state index in [0.717, 1.165) is 25.9 Å². The summed E-state index contributed by atoms with van der Waals surface area (Å²) in [5.41, 5.74) is 0. The van der Waals surface area contributed by atoms with Crippen LogP contribution in [0.5, 0.6) is 5.75 Å². The van der Waals surface area contributed by atoms with E-state index in [4.69, 9.17) is 4.74 Å². The fraction of sp³-hybridized carbons (Fsp3) is 0.600. The molecule has 0 heterocycles. The number of unbranched alkanes of at least 4 members (excludes halogenated alkanes) is 1. The van der Waals surface area contributed by atoms with Gasteiger partial charge in [-0.15, -0.1) is 0 Å². The van der Waals surface area contributed by atoms with Crippen LogP contribution in [-0.2, 0) is 0 Å². The molecule has 0 aliphatic rings. The summed E-state index contributed by atoms with van der Waals surface area (Å²) >= 11 is 0. The van der Waals surface area contributed by atoms with Gasteiger partial charge >= 0.3 is 0 Å². The summed E-state index contributed by atoms with van der Waals surface area (Å²) in [5.74, 6) is -0.203. The Balaban J connectivity index is 2.34. The second kappa shape index (κ2) is 8.88. The lowest BCUT2D eigenvalue weighted by Gasteiger charge is -2.23. The van der Waals surface area contributed by atoms with E-state index in [1.807, 2.05) is 0 Å². The molecule has 0 aliphatic carbocycles. The van der Waals surface area contributed by atoms with Crippen molar-refractivity contribution in [1.29, 1.82) is 0 Å². The molecule has 0 aromatic heterocycles. The first-order chi connectivity index (χ1) is 9.17. The molecule has 0 spiro atoms. The summed E-state index contributed by atoms with van der Waals surface area (Å²) in [5, 5.41) is 9.91. The maximum Gasteiger partial charge on any atom is 0.165 e. The van der Waals surface area contributed by atoms with E-state index in [-0.39, 0.29) is 12.4 Å². The number of nitrogens with zero attached hydrogens (tertiary/aromatic N) is 1. The first kappa shape index (κ1) is 15.9. The third-order valence-corrected chi connectivity index (χ3v) is 3.01. The number of rotatable bonds is 9. The Morgan fingerprint density at radius 1 is 1.32 bits per heavy atom. The number of para-hydroxylation sites is 1. The Bertz CT molecular complexity index is 360. The summed E-state index contributed by atoms with van der Waals surface area (Å²) < 4.78 is 18.6. The third kappa shape index (κ3) is 6.03. The maximum atomic E-state index is 13.3. The Morgan fingerprint density at radius 3 is 2.68 bits per heavy atom. The molecule has 0 saturated carbocycles. The van der Waals surface area contributed by atoms with Crippen molar-refractivity contribution in [2.24, 2.45) is 0 Å². The number of aliphatic hydroxyl groups is 1. The highest BCUT2D eigenvalue weighted by atomic mass is 19.1. The first-order valence-corrected chi connectivity index (χ1v) is 6.95. The molecular weight excluding hydrogens is 245 g/mol. The molecule has 0 bridgehead atoms. The summed E-state index contributed by atoms with van der Waals surface area (Å²) in [6, 6.07) is 6.24. The van der Waals surface area contributed by atoms with Gasteiger partial charge in [0.1, 0.15) is 12.7 Å². The molecule has 0 amide bonds. The lowest BCUT2D eigenvalue weighted by molar-refractivity contribution is 0.0680. The molecule has 0 aliphatic heterocycles. The van der Waals surface area contributed by atoms with Crippen LogP contribution in [0, 0.1) is 5.82 Å². The van der Waals surface area contributed by atoms with E-state index in [9.17, 15) is 9.50 Å². The van der Waals surface area contributed by atoms with E-state index in [1.54, 1.807) is 18.2 Å². The highest BCUT2D eigenvalue weighted by molar-refractivity contribution is 5.23. The average Bonchev–Trinajstić information content (AvgIpc) is 2.42. The Labute approximate surface area is 115 Å². The minimum atomic E-state index is -0.601. The second-order valence-corrected chi connectivity index (χ2v) is 4.64. The monoisotopic (exact) mass is 269 g/mol. The maximum absolute atomic E-state index is 13.3. The molecule has 3 nitrogen and oxygen atoms in total. The van der Waals surface area contributed by atoms with Gasteiger partial charge in [0.05, 0.1) is 0 Å². The first-order valence-electron chi connectivity index (χ1n) is 6.95. The molecule has 4 heteroatoms. The third-order valence-electron chi connectivity index (χ3n) is 3.01. The highest BCUT2D eigenvalue weighted by Gasteiger charge is 2.11. The fourth-order valence-corrected chi connectivity index (χ4v) is 1.86. The topological polar surface area (TPSA) is 32.7 Å². The standard InChI is InChI=1S/C15H24FNO2/c1-3-5-10-17(4-2)11-13(18)12-19-15-9-7-6-8-14(15)16/h6-9,13,18H,3-5,10-12H2,1-2H3. The van der Waals surface area contributed by atoms with E-state index < -0.39 is 11.9 Å². The summed E-state index contributed by atoms with van der Waals surface area (Å²) in [4.78, 5) is 2.18. The Hall–Kier alpha value is -1.13. The number of benzene rings is 1. The van der Waals surface area contributed by atoms with Gasteiger partial charge in [0.15, 0.2) is 11.6 Å². The predicted molar refractivity (Wildman–Crippen MR) is 74.9 cm³/mol. The number of aliphatic hydroxyl groups excluding tert-OH is 1. The molecule has 1 unspecified atom stereocenters. The van der Waals surface area contributed by atoms with Gasteiger partial charge in [-0.25, -0.2) is 4.39 Å². The van der Waals surface area contributed by atoms with Crippen molar-refractivity contribution in [1.82, 2.24) is 4.90 Å². The van der Waals surface area contributed by atoms with Gasteiger partial charge < -0.3 is 14.7 Å². The molecule has 1 aromatic rings. The van der Waals surface area contributed by atoms with Crippen LogP contribution < -0.4 is 4.74 Å². The second-order valence-electron chi connectivity index (χ2n) is 4.64. The van der Waals surface area contributed by atoms with E-state index in [0.29, 0.717) is 6.54 Å². The predicted octanol–water partition coefficient (Wildman–Crippen LogP) is 2.69. The van der Waals surface area contributed by atoms with Crippen LogP contribution in [0.2, 0.25) is 0 Å². The van der Waals surface area contributed by atoms with Crippen LogP contribution in [0.3, 0.4) is 0 Å². The van der Waals surface area contributed by atoms with Crippen LogP contribution in [0.25, 0.3) is 0 Å². The van der Waals surface area contributed by atoms with Gasteiger partial charge in [0, 0.05) is 6.54 Å². The van der Waals surface area contributed by atoms with Crippen molar-refractivity contribution < 1.29 is 14.2 Å². The van der Waals surface area contributed by atoms with Crippen LogP contribution in [-0.4, -0.2) is 42.4 Å². The molecule has 1 N–H and O–H groups in total. The molecule has 19 heavy (non-hydrogen) atoms. The van der Waals surface area contributed by atoms with Gasteiger partial charge in [0.2, 0.25) is 0 Å². The number of likely N-dealkylation sites (N-methyl/N-ethyl adjacent to an activating group) is 1. The van der Waals surface area contributed by atoms with Gasteiger partial charge in [-0.2, -0.15) is 0 Å². The molecule has 0 saturated heterocycles. The SMILES string of the molecule is CCCCN(CC)CC(O)COc1ccccc1F. The van der Waals surface area contributed by atoms with Crippen molar-refractivity contribution in [2.45, 2.75) is 32.8 Å². The van der Waals surface area contributed by atoms with Gasteiger partial charge in [0.25, 0.3) is 0 Å². The molecule has 0 radical (unpaired) electrons. The lowest BCUT2D eigenvalue weighted by Crippen LogP contribution is -2.36.